The summed E-state index contributed by atoms with van der Waals surface area (Å²) in [6.45, 7) is 1.64. The summed E-state index contributed by atoms with van der Waals surface area (Å²) in [5.74, 6) is -1.17. The van der Waals surface area contributed by atoms with Gasteiger partial charge in [-0.2, -0.15) is 0 Å². The average molecular weight is 473 g/mol. The van der Waals surface area contributed by atoms with E-state index in [1.54, 1.807) is 6.92 Å². The number of rotatable bonds is 1. The molecule has 3 aromatic rings. The maximum atomic E-state index is 13.1. The van der Waals surface area contributed by atoms with E-state index in [4.69, 9.17) is 4.74 Å². The summed E-state index contributed by atoms with van der Waals surface area (Å²) in [6, 6.07) is 7.23. The van der Waals surface area contributed by atoms with Gasteiger partial charge in [0, 0.05) is 27.8 Å². The van der Waals surface area contributed by atoms with Crippen LogP contribution in [-0.2, 0) is 4.74 Å². The number of anilines is 1. The number of imide groups is 1. The van der Waals surface area contributed by atoms with Gasteiger partial charge in [-0.05, 0) is 13.0 Å². The van der Waals surface area contributed by atoms with E-state index in [-0.39, 0.29) is 12.0 Å². The molecule has 1 fully saturated rings. The third kappa shape index (κ3) is 2.55. The summed E-state index contributed by atoms with van der Waals surface area (Å²) in [5.41, 5.74) is 3.46. The maximum Gasteiger partial charge on any atom is 0.259 e. The molecule has 3 aliphatic heterocycles. The van der Waals surface area contributed by atoms with Crippen molar-refractivity contribution in [3.05, 3.63) is 65.3 Å². The molecule has 0 bridgehead atoms. The first-order valence-electron chi connectivity index (χ1n) is 11.7. The Bertz CT molecular complexity index is 1510. The number of aliphatic hydroxyl groups excluding tert-OH is 3. The minimum absolute atomic E-state index is 0.286. The molecular formula is C26H23N3O6. The fourth-order valence-electron chi connectivity index (χ4n) is 6.21. The first-order chi connectivity index (χ1) is 16.9. The lowest BCUT2D eigenvalue weighted by atomic mass is 9.86. The van der Waals surface area contributed by atoms with Crippen molar-refractivity contribution in [3.8, 4) is 0 Å². The van der Waals surface area contributed by atoms with E-state index in [0.717, 1.165) is 10.9 Å². The zero-order chi connectivity index (χ0) is 24.2. The van der Waals surface area contributed by atoms with Crippen LogP contribution in [0.5, 0.6) is 0 Å². The Morgan fingerprint density at radius 3 is 2.51 bits per heavy atom. The number of allylic oxidation sites excluding steroid dienone is 2. The quantitative estimate of drug-likeness (QED) is 0.338. The van der Waals surface area contributed by atoms with Crippen molar-refractivity contribution in [2.45, 2.75) is 49.5 Å². The summed E-state index contributed by atoms with van der Waals surface area (Å²) >= 11 is 0. The van der Waals surface area contributed by atoms with Crippen molar-refractivity contribution in [3.63, 3.8) is 0 Å². The van der Waals surface area contributed by atoms with Gasteiger partial charge in [0.2, 0.25) is 0 Å². The highest BCUT2D eigenvalue weighted by Gasteiger charge is 2.53. The van der Waals surface area contributed by atoms with Crippen LogP contribution in [0.25, 0.3) is 21.8 Å². The number of ether oxygens (including phenoxy) is 1. The number of aromatic amines is 1. The Morgan fingerprint density at radius 1 is 0.943 bits per heavy atom. The Kier molecular flexibility index (Phi) is 4.18. The van der Waals surface area contributed by atoms with E-state index in [0.29, 0.717) is 33.3 Å². The number of aromatic nitrogens is 1. The highest BCUT2D eigenvalue weighted by molar-refractivity contribution is 6.33. The van der Waals surface area contributed by atoms with Gasteiger partial charge in [0.05, 0.1) is 34.5 Å². The zero-order valence-electron chi connectivity index (χ0n) is 18.7. The molecule has 178 valence electrons. The Labute approximate surface area is 199 Å². The van der Waals surface area contributed by atoms with Crippen LogP contribution < -0.4 is 10.2 Å². The lowest BCUT2D eigenvalue weighted by Crippen LogP contribution is -2.63. The lowest BCUT2D eigenvalue weighted by molar-refractivity contribution is -0.217. The number of nitrogens with one attached hydrogen (secondary N) is 2. The summed E-state index contributed by atoms with van der Waals surface area (Å²) < 4.78 is 6.09. The Morgan fingerprint density at radius 2 is 1.69 bits per heavy atom. The molecule has 0 spiro atoms. The molecule has 35 heavy (non-hydrogen) atoms. The third-order valence-electron chi connectivity index (χ3n) is 7.77. The molecule has 9 heteroatoms. The molecule has 7 atom stereocenters. The summed E-state index contributed by atoms with van der Waals surface area (Å²) in [7, 11) is 0. The number of para-hydroxylation sites is 1. The summed E-state index contributed by atoms with van der Waals surface area (Å²) in [4.78, 5) is 31.5. The molecule has 0 saturated carbocycles. The van der Waals surface area contributed by atoms with Crippen LogP contribution in [0.2, 0.25) is 0 Å². The van der Waals surface area contributed by atoms with Gasteiger partial charge in [0.25, 0.3) is 11.8 Å². The lowest BCUT2D eigenvalue weighted by Gasteiger charge is -2.46. The number of hydrogen-bond acceptors (Lipinski definition) is 7. The second-order valence-electron chi connectivity index (χ2n) is 9.61. The van der Waals surface area contributed by atoms with Crippen LogP contribution >= 0.6 is 0 Å². The van der Waals surface area contributed by atoms with Gasteiger partial charge in [0.1, 0.15) is 18.3 Å². The van der Waals surface area contributed by atoms with E-state index >= 15 is 0 Å². The number of nitrogens with zero attached hydrogens (tertiary/aromatic N) is 1. The Hall–Kier alpha value is -3.50. The smallest absolute Gasteiger partial charge is 0.259 e. The van der Waals surface area contributed by atoms with E-state index in [9.17, 15) is 24.9 Å². The molecule has 0 radical (unpaired) electrons. The van der Waals surface area contributed by atoms with Crippen molar-refractivity contribution in [2.24, 2.45) is 0 Å². The molecule has 1 aliphatic carbocycles. The number of carbonyl (C=O) groups excluding carboxylic acids is 2. The molecule has 1 aromatic heterocycles. The topological polar surface area (TPSA) is 135 Å². The number of benzene rings is 2. The van der Waals surface area contributed by atoms with Crippen LogP contribution in [0.3, 0.4) is 0 Å². The molecule has 9 nitrogen and oxygen atoms in total. The van der Waals surface area contributed by atoms with E-state index in [1.807, 2.05) is 53.5 Å². The predicted molar refractivity (Wildman–Crippen MR) is 127 cm³/mol. The molecule has 1 saturated heterocycles. The second-order valence-corrected chi connectivity index (χ2v) is 9.61. The molecule has 4 aliphatic rings. The number of aliphatic hydroxyl groups is 3. The molecule has 7 rings (SSSR count). The maximum absolute atomic E-state index is 13.1. The zero-order valence-corrected chi connectivity index (χ0v) is 18.7. The standard InChI is InChI=1S/C26H23N3O6/c1-10-21(30)22(31)23(32)26(35-10)29-14-9-5-3-7-12(14)16-18-17(24(33)28-25(18)34)15-11-6-2-4-8-13(11)27-19(15)20(16)29/h2-10,12,14,21-23,26-27,30-32H,1H3,(H,28,33,34)/t10-,12?,14?,21-,22+,23+,26+/m0/s1. The minimum atomic E-state index is -1.41. The molecular weight excluding hydrogens is 450 g/mol. The van der Waals surface area contributed by atoms with Gasteiger partial charge >= 0.3 is 0 Å². The second kappa shape index (κ2) is 7.02. The SMILES string of the molecule is C[C@@H]1O[C@@H](N2c3c(c4c(c5c3[nH]c3ccccc35)C(=O)NC4=O)C3C=CC=CC32)[C@H](O)[C@H](O)[C@H]1O. The van der Waals surface area contributed by atoms with Gasteiger partial charge in [-0.25, -0.2) is 0 Å². The fourth-order valence-corrected chi connectivity index (χ4v) is 6.21. The molecule has 4 heterocycles. The van der Waals surface area contributed by atoms with Crippen LogP contribution in [0.15, 0.2) is 48.6 Å². The van der Waals surface area contributed by atoms with Crippen molar-refractivity contribution >= 4 is 39.3 Å². The molecule has 2 amide bonds. The van der Waals surface area contributed by atoms with Crippen LogP contribution in [-0.4, -0.2) is 68.8 Å². The van der Waals surface area contributed by atoms with Crippen molar-refractivity contribution in [1.82, 2.24) is 10.3 Å². The largest absolute Gasteiger partial charge is 0.388 e. The summed E-state index contributed by atoms with van der Waals surface area (Å²) in [5, 5.41) is 35.8. The van der Waals surface area contributed by atoms with Crippen LogP contribution in [0, 0.1) is 0 Å². The molecule has 5 N–H and O–H groups in total. The minimum Gasteiger partial charge on any atom is -0.388 e. The van der Waals surface area contributed by atoms with Crippen LogP contribution in [0.4, 0.5) is 5.69 Å². The fraction of sp³-hybridized carbons (Fsp3) is 0.308. The van der Waals surface area contributed by atoms with E-state index in [1.165, 1.54) is 0 Å². The van der Waals surface area contributed by atoms with Gasteiger partial charge in [-0.1, -0.05) is 42.5 Å². The highest BCUT2D eigenvalue weighted by atomic mass is 16.5. The average Bonchev–Trinajstić information content (AvgIpc) is 3.49. The summed E-state index contributed by atoms with van der Waals surface area (Å²) in [6.07, 6.45) is 1.92. The van der Waals surface area contributed by atoms with Crippen molar-refractivity contribution in [2.75, 3.05) is 4.90 Å². The molecule has 2 aromatic carbocycles. The third-order valence-corrected chi connectivity index (χ3v) is 7.77. The van der Waals surface area contributed by atoms with Crippen LogP contribution in [0.1, 0.15) is 39.1 Å². The van der Waals surface area contributed by atoms with Crippen molar-refractivity contribution in [1.29, 1.82) is 0 Å². The number of carbonyl (C=O) groups is 2. The first kappa shape index (κ1) is 20.8. The number of H-pyrrole nitrogens is 1. The monoisotopic (exact) mass is 473 g/mol. The van der Waals surface area contributed by atoms with Gasteiger partial charge < -0.3 is 29.9 Å². The normalized spacial score (nSPS) is 33.4. The predicted octanol–water partition coefficient (Wildman–Crippen LogP) is 1.43. The van der Waals surface area contributed by atoms with Gasteiger partial charge in [0.15, 0.2) is 6.23 Å². The van der Waals surface area contributed by atoms with E-state index < -0.39 is 42.5 Å². The number of fused-ring (bicyclic) bond motifs is 10. The highest BCUT2D eigenvalue weighted by Crippen LogP contribution is 2.54. The molecule has 2 unspecified atom stereocenters. The van der Waals surface area contributed by atoms with Crippen molar-refractivity contribution < 1.29 is 29.6 Å². The number of amides is 2. The van der Waals surface area contributed by atoms with E-state index in [2.05, 4.69) is 10.3 Å². The van der Waals surface area contributed by atoms with Gasteiger partial charge in [-0.15, -0.1) is 0 Å². The first-order valence-corrected chi connectivity index (χ1v) is 11.7. The van der Waals surface area contributed by atoms with Gasteiger partial charge in [-0.3, -0.25) is 14.9 Å². The Balaban J connectivity index is 1.59. The number of hydrogen-bond donors (Lipinski definition) is 5.